The molecule has 2 unspecified atom stereocenters. The van der Waals surface area contributed by atoms with Crippen LogP contribution in [-0.4, -0.2) is 19.1 Å². The fourth-order valence-electron chi connectivity index (χ4n) is 3.07. The van der Waals surface area contributed by atoms with Crippen LogP contribution in [0.2, 0.25) is 0 Å². The van der Waals surface area contributed by atoms with Crippen molar-refractivity contribution >= 4 is 5.91 Å². The van der Waals surface area contributed by atoms with Crippen molar-refractivity contribution in [3.05, 3.63) is 65.7 Å². The highest BCUT2D eigenvalue weighted by Crippen LogP contribution is 2.35. The van der Waals surface area contributed by atoms with Gasteiger partial charge in [-0.3, -0.25) is 4.79 Å². The molecule has 1 heterocycles. The van der Waals surface area contributed by atoms with Crippen LogP contribution in [-0.2, 0) is 11.2 Å². The van der Waals surface area contributed by atoms with Gasteiger partial charge in [-0.15, -0.1) is 0 Å². The van der Waals surface area contributed by atoms with E-state index in [2.05, 4.69) is 23.5 Å². The Morgan fingerprint density at radius 3 is 2.57 bits per heavy atom. The van der Waals surface area contributed by atoms with E-state index in [1.165, 1.54) is 5.56 Å². The van der Waals surface area contributed by atoms with E-state index in [-0.39, 0.29) is 17.9 Å². The Balaban J connectivity index is 1.87. The van der Waals surface area contributed by atoms with Crippen LogP contribution >= 0.6 is 0 Å². The zero-order valence-corrected chi connectivity index (χ0v) is 12.1. The van der Waals surface area contributed by atoms with E-state index >= 15 is 0 Å². The second kappa shape index (κ2) is 6.00. The third kappa shape index (κ3) is 2.92. The fraction of sp³-hybridized carbons (Fsp3) is 0.278. The number of rotatable bonds is 4. The summed E-state index contributed by atoms with van der Waals surface area (Å²) in [4.78, 5) is 11.9. The lowest BCUT2D eigenvalue weighted by molar-refractivity contribution is -0.119. The van der Waals surface area contributed by atoms with E-state index in [4.69, 9.17) is 4.74 Å². The zero-order chi connectivity index (χ0) is 14.7. The monoisotopic (exact) mass is 281 g/mol. The third-order valence-electron chi connectivity index (χ3n) is 4.07. The van der Waals surface area contributed by atoms with Crippen molar-refractivity contribution in [1.82, 2.24) is 5.32 Å². The van der Waals surface area contributed by atoms with Crippen LogP contribution < -0.4 is 10.1 Å². The van der Waals surface area contributed by atoms with Gasteiger partial charge in [0, 0.05) is 18.4 Å². The molecule has 1 fully saturated rings. The maximum absolute atomic E-state index is 11.9. The molecule has 0 aliphatic carbocycles. The van der Waals surface area contributed by atoms with Gasteiger partial charge in [0.05, 0.1) is 7.11 Å². The van der Waals surface area contributed by atoms with Gasteiger partial charge >= 0.3 is 0 Å². The molecular formula is C18H19NO2. The molecule has 1 aliphatic rings. The Hall–Kier alpha value is -2.29. The average Bonchev–Trinajstić information content (AvgIpc) is 2.88. The highest BCUT2D eigenvalue weighted by atomic mass is 16.5. The van der Waals surface area contributed by atoms with E-state index in [0.717, 1.165) is 17.7 Å². The molecule has 0 aromatic heterocycles. The lowest BCUT2D eigenvalue weighted by Crippen LogP contribution is -2.30. The SMILES string of the molecule is COc1ccccc1C1CC(=O)NC1Cc1ccccc1. The molecule has 2 aromatic carbocycles. The van der Waals surface area contributed by atoms with Crippen LogP contribution in [0.5, 0.6) is 5.75 Å². The van der Waals surface area contributed by atoms with Gasteiger partial charge in [0.1, 0.15) is 5.75 Å². The van der Waals surface area contributed by atoms with E-state index in [0.29, 0.717) is 6.42 Å². The number of carbonyl (C=O) groups excluding carboxylic acids is 1. The highest BCUT2D eigenvalue weighted by Gasteiger charge is 2.34. The number of hydrogen-bond acceptors (Lipinski definition) is 2. The van der Waals surface area contributed by atoms with Crippen molar-refractivity contribution in [2.75, 3.05) is 7.11 Å². The molecule has 0 saturated carbocycles. The second-order valence-electron chi connectivity index (χ2n) is 5.42. The van der Waals surface area contributed by atoms with Crippen LogP contribution in [0.1, 0.15) is 23.5 Å². The third-order valence-corrected chi connectivity index (χ3v) is 4.07. The minimum atomic E-state index is 0.117. The minimum absolute atomic E-state index is 0.117. The molecule has 2 atom stereocenters. The lowest BCUT2D eigenvalue weighted by Gasteiger charge is -2.21. The summed E-state index contributed by atoms with van der Waals surface area (Å²) in [5.74, 6) is 1.14. The molecule has 0 radical (unpaired) electrons. The molecule has 0 bridgehead atoms. The van der Waals surface area contributed by atoms with Crippen LogP contribution in [0.25, 0.3) is 0 Å². The van der Waals surface area contributed by atoms with Crippen molar-refractivity contribution < 1.29 is 9.53 Å². The summed E-state index contributed by atoms with van der Waals surface area (Å²) in [6, 6.07) is 18.4. The number of benzene rings is 2. The van der Waals surface area contributed by atoms with Gasteiger partial charge in [-0.05, 0) is 23.6 Å². The highest BCUT2D eigenvalue weighted by molar-refractivity contribution is 5.80. The summed E-state index contributed by atoms with van der Waals surface area (Å²) in [6.07, 6.45) is 1.37. The number of carbonyl (C=O) groups is 1. The van der Waals surface area contributed by atoms with Gasteiger partial charge in [-0.1, -0.05) is 48.5 Å². The minimum Gasteiger partial charge on any atom is -0.496 e. The fourth-order valence-corrected chi connectivity index (χ4v) is 3.07. The normalized spacial score (nSPS) is 21.1. The smallest absolute Gasteiger partial charge is 0.220 e. The van der Waals surface area contributed by atoms with Crippen molar-refractivity contribution in [2.24, 2.45) is 0 Å². The predicted octanol–water partition coefficient (Wildman–Crippen LogP) is 2.91. The largest absolute Gasteiger partial charge is 0.496 e. The van der Waals surface area contributed by atoms with Gasteiger partial charge in [0.25, 0.3) is 0 Å². The van der Waals surface area contributed by atoms with Gasteiger partial charge < -0.3 is 10.1 Å². The van der Waals surface area contributed by atoms with Crippen LogP contribution in [0, 0.1) is 0 Å². The summed E-state index contributed by atoms with van der Waals surface area (Å²) >= 11 is 0. The molecule has 1 N–H and O–H groups in total. The number of methoxy groups -OCH3 is 1. The van der Waals surface area contributed by atoms with Gasteiger partial charge in [-0.2, -0.15) is 0 Å². The quantitative estimate of drug-likeness (QED) is 0.935. The molecule has 1 aliphatic heterocycles. The molecule has 2 aromatic rings. The number of hydrogen-bond donors (Lipinski definition) is 1. The molecule has 3 nitrogen and oxygen atoms in total. The standard InChI is InChI=1S/C18H19NO2/c1-21-17-10-6-5-9-14(17)15-12-18(20)19-16(15)11-13-7-3-2-4-8-13/h2-10,15-16H,11-12H2,1H3,(H,19,20). The second-order valence-corrected chi connectivity index (χ2v) is 5.42. The summed E-state index contributed by atoms with van der Waals surface area (Å²) in [5.41, 5.74) is 2.35. The number of para-hydroxylation sites is 1. The molecule has 1 amide bonds. The van der Waals surface area contributed by atoms with Crippen molar-refractivity contribution in [3.8, 4) is 5.75 Å². The molecule has 1 saturated heterocycles. The lowest BCUT2D eigenvalue weighted by atomic mass is 9.88. The summed E-state index contributed by atoms with van der Waals surface area (Å²) in [6.45, 7) is 0. The van der Waals surface area contributed by atoms with E-state index in [1.54, 1.807) is 7.11 Å². The molecule has 21 heavy (non-hydrogen) atoms. The Morgan fingerprint density at radius 1 is 1.10 bits per heavy atom. The topological polar surface area (TPSA) is 38.3 Å². The first-order valence-corrected chi connectivity index (χ1v) is 7.24. The first-order valence-electron chi connectivity index (χ1n) is 7.24. The van der Waals surface area contributed by atoms with Crippen LogP contribution in [0.3, 0.4) is 0 Å². The van der Waals surface area contributed by atoms with Gasteiger partial charge in [0.2, 0.25) is 5.91 Å². The van der Waals surface area contributed by atoms with Crippen molar-refractivity contribution in [2.45, 2.75) is 24.8 Å². The predicted molar refractivity (Wildman–Crippen MR) is 82.4 cm³/mol. The summed E-state index contributed by atoms with van der Waals surface area (Å²) < 4.78 is 5.45. The first-order chi connectivity index (χ1) is 10.3. The molecule has 108 valence electrons. The van der Waals surface area contributed by atoms with E-state index in [9.17, 15) is 4.79 Å². The molecule has 3 rings (SSSR count). The Bertz CT molecular complexity index is 624. The summed E-state index contributed by atoms with van der Waals surface area (Å²) in [5, 5.41) is 3.11. The first kappa shape index (κ1) is 13.7. The maximum atomic E-state index is 11.9. The Kier molecular flexibility index (Phi) is 3.91. The Labute approximate surface area is 124 Å². The van der Waals surface area contributed by atoms with Crippen LogP contribution in [0.4, 0.5) is 0 Å². The van der Waals surface area contributed by atoms with Gasteiger partial charge in [0.15, 0.2) is 0 Å². The van der Waals surface area contributed by atoms with Gasteiger partial charge in [-0.25, -0.2) is 0 Å². The average molecular weight is 281 g/mol. The Morgan fingerprint density at radius 2 is 1.81 bits per heavy atom. The maximum Gasteiger partial charge on any atom is 0.220 e. The zero-order valence-electron chi connectivity index (χ0n) is 12.1. The number of amides is 1. The van der Waals surface area contributed by atoms with Crippen LogP contribution in [0.15, 0.2) is 54.6 Å². The van der Waals surface area contributed by atoms with E-state index in [1.807, 2.05) is 36.4 Å². The molecule has 0 spiro atoms. The number of ether oxygens (including phenoxy) is 1. The van der Waals surface area contributed by atoms with Crippen molar-refractivity contribution in [3.63, 3.8) is 0 Å². The molecular weight excluding hydrogens is 262 g/mol. The molecule has 3 heteroatoms. The number of nitrogens with one attached hydrogen (secondary N) is 1. The van der Waals surface area contributed by atoms with Crippen molar-refractivity contribution in [1.29, 1.82) is 0 Å². The van der Waals surface area contributed by atoms with E-state index < -0.39 is 0 Å². The summed E-state index contributed by atoms with van der Waals surface area (Å²) in [7, 11) is 1.68.